The second-order valence-electron chi connectivity index (χ2n) is 6.05. The summed E-state index contributed by atoms with van der Waals surface area (Å²) >= 11 is 1.77. The van der Waals surface area contributed by atoms with Crippen molar-refractivity contribution in [2.75, 3.05) is 27.2 Å². The van der Waals surface area contributed by atoms with Gasteiger partial charge in [-0.15, -0.1) is 11.3 Å². The summed E-state index contributed by atoms with van der Waals surface area (Å²) in [7, 11) is 3.75. The first-order valence-corrected chi connectivity index (χ1v) is 9.30. The van der Waals surface area contributed by atoms with E-state index < -0.39 is 0 Å². The number of nitrogens with one attached hydrogen (secondary N) is 2. The smallest absolute Gasteiger partial charge is 0.239 e. The van der Waals surface area contributed by atoms with Crippen LogP contribution in [-0.2, 0) is 11.2 Å². The maximum Gasteiger partial charge on any atom is 0.239 e. The Hall–Kier alpha value is -1.56. The third-order valence-corrected chi connectivity index (χ3v) is 5.16. The largest absolute Gasteiger partial charge is 0.352 e. The molecule has 2 N–H and O–H groups in total. The number of carbonyl (C=O) groups is 1. The number of guanidine groups is 1. The van der Waals surface area contributed by atoms with E-state index in [-0.39, 0.29) is 12.5 Å². The fourth-order valence-corrected chi connectivity index (χ4v) is 3.61. The Morgan fingerprint density at radius 3 is 2.83 bits per heavy atom. The van der Waals surface area contributed by atoms with E-state index in [1.165, 1.54) is 24.1 Å². The lowest BCUT2D eigenvalue weighted by Gasteiger charge is -2.24. The van der Waals surface area contributed by atoms with E-state index in [1.807, 2.05) is 7.05 Å². The summed E-state index contributed by atoms with van der Waals surface area (Å²) in [5, 5.41) is 8.37. The van der Waals surface area contributed by atoms with E-state index in [4.69, 9.17) is 0 Å². The van der Waals surface area contributed by atoms with Gasteiger partial charge in [-0.05, 0) is 30.7 Å². The molecule has 23 heavy (non-hydrogen) atoms. The molecule has 0 saturated heterocycles. The van der Waals surface area contributed by atoms with E-state index in [2.05, 4.69) is 38.0 Å². The third-order valence-electron chi connectivity index (χ3n) is 4.22. The van der Waals surface area contributed by atoms with Gasteiger partial charge >= 0.3 is 0 Å². The van der Waals surface area contributed by atoms with Gasteiger partial charge in [0.1, 0.15) is 0 Å². The minimum absolute atomic E-state index is 0.0599. The SMILES string of the molecule is CN=C(NCC(=O)NC1CCCCC1)N(C)CCc1cccs1. The summed E-state index contributed by atoms with van der Waals surface area (Å²) in [4.78, 5) is 19.7. The molecule has 0 bridgehead atoms. The van der Waals surface area contributed by atoms with Crippen molar-refractivity contribution >= 4 is 23.2 Å². The lowest BCUT2D eigenvalue weighted by Crippen LogP contribution is -2.46. The maximum absolute atomic E-state index is 12.1. The number of likely N-dealkylation sites (N-methyl/N-ethyl adjacent to an activating group) is 1. The molecule has 1 aliphatic rings. The molecule has 1 amide bonds. The van der Waals surface area contributed by atoms with Gasteiger partial charge < -0.3 is 15.5 Å². The number of nitrogens with zero attached hydrogens (tertiary/aromatic N) is 2. The third kappa shape index (κ3) is 6.22. The lowest BCUT2D eigenvalue weighted by molar-refractivity contribution is -0.120. The zero-order valence-electron chi connectivity index (χ0n) is 14.2. The average molecular weight is 337 g/mol. The summed E-state index contributed by atoms with van der Waals surface area (Å²) in [6, 6.07) is 4.58. The summed E-state index contributed by atoms with van der Waals surface area (Å²) < 4.78 is 0. The van der Waals surface area contributed by atoms with Crippen LogP contribution in [0.4, 0.5) is 0 Å². The van der Waals surface area contributed by atoms with Crippen LogP contribution in [0.15, 0.2) is 22.5 Å². The second-order valence-corrected chi connectivity index (χ2v) is 7.09. The Morgan fingerprint density at radius 1 is 1.39 bits per heavy atom. The first-order chi connectivity index (χ1) is 11.2. The monoisotopic (exact) mass is 336 g/mol. The first kappa shape index (κ1) is 17.8. The van der Waals surface area contributed by atoms with Gasteiger partial charge in [0.2, 0.25) is 5.91 Å². The Bertz CT molecular complexity index is 495. The lowest BCUT2D eigenvalue weighted by atomic mass is 9.95. The summed E-state index contributed by atoms with van der Waals surface area (Å²) in [5.74, 6) is 0.824. The van der Waals surface area contributed by atoms with Gasteiger partial charge in [0.25, 0.3) is 0 Å². The summed E-state index contributed by atoms with van der Waals surface area (Å²) in [6.07, 6.45) is 6.97. The molecule has 1 saturated carbocycles. The van der Waals surface area contributed by atoms with Crippen LogP contribution < -0.4 is 10.6 Å². The normalized spacial score (nSPS) is 16.2. The molecule has 0 spiro atoms. The highest BCUT2D eigenvalue weighted by Gasteiger charge is 2.16. The molecule has 0 atom stereocenters. The maximum atomic E-state index is 12.1. The van der Waals surface area contributed by atoms with Crippen molar-refractivity contribution in [3.8, 4) is 0 Å². The van der Waals surface area contributed by atoms with Crippen molar-refractivity contribution in [1.29, 1.82) is 0 Å². The minimum Gasteiger partial charge on any atom is -0.352 e. The topological polar surface area (TPSA) is 56.7 Å². The van der Waals surface area contributed by atoms with E-state index >= 15 is 0 Å². The van der Waals surface area contributed by atoms with Crippen LogP contribution in [0.3, 0.4) is 0 Å². The molecule has 0 unspecified atom stereocenters. The summed E-state index contributed by atoms with van der Waals surface area (Å²) in [6.45, 7) is 1.16. The number of rotatable bonds is 6. The molecule has 5 nitrogen and oxygen atoms in total. The number of amides is 1. The van der Waals surface area contributed by atoms with Crippen molar-refractivity contribution in [1.82, 2.24) is 15.5 Å². The zero-order chi connectivity index (χ0) is 16.5. The quantitative estimate of drug-likeness (QED) is 0.619. The Kier molecular flexibility index (Phi) is 7.39. The van der Waals surface area contributed by atoms with Crippen molar-refractivity contribution < 1.29 is 4.79 Å². The molecule has 0 aliphatic heterocycles. The van der Waals surface area contributed by atoms with Crippen molar-refractivity contribution in [3.63, 3.8) is 0 Å². The second kappa shape index (κ2) is 9.55. The fraction of sp³-hybridized carbons (Fsp3) is 0.647. The number of hydrogen-bond donors (Lipinski definition) is 2. The van der Waals surface area contributed by atoms with Gasteiger partial charge in [0.05, 0.1) is 6.54 Å². The van der Waals surface area contributed by atoms with E-state index in [9.17, 15) is 4.79 Å². The Balaban J connectivity index is 1.69. The highest BCUT2D eigenvalue weighted by Crippen LogP contribution is 2.17. The minimum atomic E-state index is 0.0599. The van der Waals surface area contributed by atoms with Crippen LogP contribution in [0.5, 0.6) is 0 Å². The molecule has 1 aromatic rings. The van der Waals surface area contributed by atoms with Crippen molar-refractivity contribution in [2.45, 2.75) is 44.6 Å². The number of hydrogen-bond acceptors (Lipinski definition) is 3. The molecule has 0 aromatic carbocycles. The molecule has 6 heteroatoms. The molecule has 0 radical (unpaired) electrons. The molecule has 1 fully saturated rings. The molecule has 1 heterocycles. The van der Waals surface area contributed by atoms with Crippen LogP contribution in [-0.4, -0.2) is 50.0 Å². The predicted octanol–water partition coefficient (Wildman–Crippen LogP) is 2.25. The van der Waals surface area contributed by atoms with Gasteiger partial charge in [-0.2, -0.15) is 0 Å². The van der Waals surface area contributed by atoms with Crippen molar-refractivity contribution in [2.24, 2.45) is 4.99 Å². The van der Waals surface area contributed by atoms with Gasteiger partial charge in [0, 0.05) is 31.6 Å². The van der Waals surface area contributed by atoms with Crippen LogP contribution in [0.25, 0.3) is 0 Å². The Morgan fingerprint density at radius 2 is 2.17 bits per heavy atom. The molecule has 128 valence electrons. The highest BCUT2D eigenvalue weighted by molar-refractivity contribution is 7.09. The first-order valence-electron chi connectivity index (χ1n) is 8.42. The van der Waals surface area contributed by atoms with E-state index in [1.54, 1.807) is 18.4 Å². The molecule has 1 aliphatic carbocycles. The van der Waals surface area contributed by atoms with Crippen LogP contribution >= 0.6 is 11.3 Å². The number of aliphatic imine (C=N–C) groups is 1. The summed E-state index contributed by atoms with van der Waals surface area (Å²) in [5.41, 5.74) is 0. The molecule has 1 aromatic heterocycles. The fourth-order valence-electron chi connectivity index (χ4n) is 2.91. The van der Waals surface area contributed by atoms with E-state index in [0.29, 0.717) is 6.04 Å². The number of thiophene rings is 1. The van der Waals surface area contributed by atoms with Gasteiger partial charge in [0.15, 0.2) is 5.96 Å². The number of carbonyl (C=O) groups excluding carboxylic acids is 1. The zero-order valence-corrected chi connectivity index (χ0v) is 15.0. The average Bonchev–Trinajstić information content (AvgIpc) is 3.08. The molecular formula is C17H28N4OS. The van der Waals surface area contributed by atoms with Gasteiger partial charge in [-0.3, -0.25) is 9.79 Å². The van der Waals surface area contributed by atoms with Crippen molar-refractivity contribution in [3.05, 3.63) is 22.4 Å². The van der Waals surface area contributed by atoms with Crippen LogP contribution in [0.1, 0.15) is 37.0 Å². The van der Waals surface area contributed by atoms with Crippen LogP contribution in [0.2, 0.25) is 0 Å². The molecular weight excluding hydrogens is 308 g/mol. The van der Waals surface area contributed by atoms with E-state index in [0.717, 1.165) is 31.8 Å². The predicted molar refractivity (Wildman–Crippen MR) is 97.0 cm³/mol. The van der Waals surface area contributed by atoms with Crippen LogP contribution in [0, 0.1) is 0 Å². The van der Waals surface area contributed by atoms with Gasteiger partial charge in [-0.1, -0.05) is 25.3 Å². The molecule has 2 rings (SSSR count). The van der Waals surface area contributed by atoms with Gasteiger partial charge in [-0.25, -0.2) is 0 Å². The highest BCUT2D eigenvalue weighted by atomic mass is 32.1. The Labute approximate surface area is 143 Å². The standard InChI is InChI=1S/C17H28N4OS/c1-18-17(21(2)11-10-15-9-6-12-23-15)19-13-16(22)20-14-7-4-3-5-8-14/h6,9,12,14H,3-5,7-8,10-11,13H2,1-2H3,(H,18,19)(H,20,22).